The van der Waals surface area contributed by atoms with Gasteiger partial charge in [-0.3, -0.25) is 9.69 Å². The van der Waals surface area contributed by atoms with Gasteiger partial charge in [0.05, 0.1) is 0 Å². The van der Waals surface area contributed by atoms with E-state index in [2.05, 4.69) is 11.8 Å². The Kier molecular flexibility index (Phi) is 3.26. The largest absolute Gasteiger partial charge is 0.480 e. The number of hydrogen-bond acceptors (Lipinski definition) is 3. The van der Waals surface area contributed by atoms with E-state index >= 15 is 0 Å². The third-order valence-corrected chi connectivity index (χ3v) is 4.58. The monoisotopic (exact) mass is 229 g/mol. The molecule has 1 heterocycles. The van der Waals surface area contributed by atoms with Crippen molar-refractivity contribution in [1.29, 1.82) is 0 Å². The molecule has 2 rings (SSSR count). The van der Waals surface area contributed by atoms with Gasteiger partial charge in [-0.05, 0) is 43.7 Å². The second-order valence-corrected chi connectivity index (χ2v) is 5.69. The van der Waals surface area contributed by atoms with Gasteiger partial charge in [-0.1, -0.05) is 6.92 Å². The Balaban J connectivity index is 2.18. The van der Waals surface area contributed by atoms with Gasteiger partial charge < -0.3 is 5.11 Å². The quantitative estimate of drug-likeness (QED) is 0.798. The zero-order valence-corrected chi connectivity index (χ0v) is 10.1. The molecule has 4 heteroatoms. The maximum absolute atomic E-state index is 11.6. The van der Waals surface area contributed by atoms with E-state index in [0.29, 0.717) is 6.04 Å². The van der Waals surface area contributed by atoms with Crippen LogP contribution in [0.4, 0.5) is 0 Å². The molecule has 1 aliphatic carbocycles. The fraction of sp³-hybridized carbons (Fsp3) is 0.909. The van der Waals surface area contributed by atoms with Crippen LogP contribution in [0.15, 0.2) is 0 Å². The van der Waals surface area contributed by atoms with E-state index in [1.165, 1.54) is 12.8 Å². The van der Waals surface area contributed by atoms with E-state index < -0.39 is 11.5 Å². The zero-order valence-electron chi connectivity index (χ0n) is 9.24. The maximum atomic E-state index is 11.6. The third-order valence-electron chi connectivity index (χ3n) is 3.60. The number of carboxylic acid groups (broad SMARTS) is 1. The lowest BCUT2D eigenvalue weighted by atomic mass is 9.89. The third kappa shape index (κ3) is 2.02. The smallest absolute Gasteiger partial charge is 0.324 e. The van der Waals surface area contributed by atoms with Crippen LogP contribution in [0, 0.1) is 0 Å². The first-order chi connectivity index (χ1) is 7.20. The molecule has 0 bridgehead atoms. The summed E-state index contributed by atoms with van der Waals surface area (Å²) in [4.78, 5) is 13.8. The second kappa shape index (κ2) is 4.34. The minimum absolute atomic E-state index is 0.541. The molecule has 1 N–H and O–H groups in total. The van der Waals surface area contributed by atoms with E-state index in [0.717, 1.165) is 30.9 Å². The molecule has 0 unspecified atom stereocenters. The predicted molar refractivity (Wildman–Crippen MR) is 62.3 cm³/mol. The molecule has 15 heavy (non-hydrogen) atoms. The number of likely N-dealkylation sites (N-methyl/N-ethyl adjacent to an activating group) is 1. The highest BCUT2D eigenvalue weighted by molar-refractivity contribution is 7.99. The van der Waals surface area contributed by atoms with Crippen molar-refractivity contribution in [3.8, 4) is 0 Å². The van der Waals surface area contributed by atoms with Crippen molar-refractivity contribution in [2.24, 2.45) is 0 Å². The van der Waals surface area contributed by atoms with Gasteiger partial charge in [-0.25, -0.2) is 0 Å². The molecule has 0 amide bonds. The number of carbonyl (C=O) groups is 1. The molecule has 2 fully saturated rings. The fourth-order valence-electron chi connectivity index (χ4n) is 2.63. The van der Waals surface area contributed by atoms with Gasteiger partial charge in [0.25, 0.3) is 0 Å². The van der Waals surface area contributed by atoms with E-state index in [-0.39, 0.29) is 0 Å². The molecule has 0 spiro atoms. The van der Waals surface area contributed by atoms with Crippen LogP contribution in [-0.2, 0) is 4.79 Å². The Morgan fingerprint density at radius 1 is 1.47 bits per heavy atom. The Morgan fingerprint density at radius 2 is 2.07 bits per heavy atom. The Bertz CT molecular complexity index is 247. The lowest BCUT2D eigenvalue weighted by molar-refractivity contribution is -0.153. The highest BCUT2D eigenvalue weighted by Gasteiger charge is 2.49. The first-order valence-electron chi connectivity index (χ1n) is 5.78. The fourth-order valence-corrected chi connectivity index (χ4v) is 3.80. The predicted octanol–water partition coefficient (Wildman–Crippen LogP) is 1.82. The molecule has 86 valence electrons. The number of aliphatic carboxylic acids is 1. The lowest BCUT2D eigenvalue weighted by Gasteiger charge is -2.42. The molecular weight excluding hydrogens is 210 g/mol. The summed E-state index contributed by atoms with van der Waals surface area (Å²) in [6, 6.07) is 0.550. The van der Waals surface area contributed by atoms with Crippen molar-refractivity contribution in [3.05, 3.63) is 0 Å². The van der Waals surface area contributed by atoms with Gasteiger partial charge in [0.1, 0.15) is 5.54 Å². The van der Waals surface area contributed by atoms with Crippen LogP contribution in [0.25, 0.3) is 0 Å². The van der Waals surface area contributed by atoms with Gasteiger partial charge >= 0.3 is 5.97 Å². The van der Waals surface area contributed by atoms with Gasteiger partial charge in [-0.15, -0.1) is 0 Å². The summed E-state index contributed by atoms with van der Waals surface area (Å²) in [5, 5.41) is 9.52. The normalized spacial score (nSPS) is 25.5. The molecule has 1 saturated heterocycles. The van der Waals surface area contributed by atoms with Crippen LogP contribution in [0.2, 0.25) is 0 Å². The summed E-state index contributed by atoms with van der Waals surface area (Å²) in [7, 11) is 0. The summed E-state index contributed by atoms with van der Waals surface area (Å²) < 4.78 is 0. The average Bonchev–Trinajstić information content (AvgIpc) is 3.04. The van der Waals surface area contributed by atoms with Crippen molar-refractivity contribution in [2.75, 3.05) is 18.1 Å². The standard InChI is InChI=1S/C11H19NO2S/c1-2-12(9-3-4-9)11(10(13)14)5-7-15-8-6-11/h9H,2-8H2,1H3,(H,13,14). The molecule has 0 atom stereocenters. The molecule has 0 radical (unpaired) electrons. The number of thioether (sulfide) groups is 1. The molecule has 2 aliphatic rings. The summed E-state index contributed by atoms with van der Waals surface area (Å²) in [5.41, 5.74) is -0.541. The van der Waals surface area contributed by atoms with Crippen molar-refractivity contribution in [1.82, 2.24) is 4.90 Å². The number of carboxylic acids is 1. The van der Waals surface area contributed by atoms with E-state index in [9.17, 15) is 9.90 Å². The molecular formula is C11H19NO2S. The van der Waals surface area contributed by atoms with E-state index in [1.807, 2.05) is 11.8 Å². The first kappa shape index (κ1) is 11.3. The van der Waals surface area contributed by atoms with Gasteiger partial charge in [-0.2, -0.15) is 11.8 Å². The first-order valence-corrected chi connectivity index (χ1v) is 6.94. The summed E-state index contributed by atoms with van der Waals surface area (Å²) in [5.74, 6) is 1.39. The van der Waals surface area contributed by atoms with Crippen LogP contribution >= 0.6 is 11.8 Å². The molecule has 3 nitrogen and oxygen atoms in total. The molecule has 0 aromatic heterocycles. The highest BCUT2D eigenvalue weighted by Crippen LogP contribution is 2.40. The average molecular weight is 229 g/mol. The minimum atomic E-state index is -0.600. The summed E-state index contributed by atoms with van der Waals surface area (Å²) in [6.45, 7) is 2.96. The van der Waals surface area contributed by atoms with Crippen molar-refractivity contribution < 1.29 is 9.90 Å². The van der Waals surface area contributed by atoms with Crippen LogP contribution in [0.1, 0.15) is 32.6 Å². The highest BCUT2D eigenvalue weighted by atomic mass is 32.2. The van der Waals surface area contributed by atoms with E-state index in [4.69, 9.17) is 0 Å². The molecule has 1 aliphatic heterocycles. The summed E-state index contributed by atoms with van der Waals surface area (Å²) in [6.07, 6.45) is 4.01. The van der Waals surface area contributed by atoms with Crippen LogP contribution in [-0.4, -0.2) is 45.6 Å². The van der Waals surface area contributed by atoms with Crippen LogP contribution < -0.4 is 0 Å². The van der Waals surface area contributed by atoms with Crippen molar-refractivity contribution in [3.63, 3.8) is 0 Å². The van der Waals surface area contributed by atoms with Crippen LogP contribution in [0.5, 0.6) is 0 Å². The lowest BCUT2D eigenvalue weighted by Crippen LogP contribution is -2.57. The molecule has 0 aromatic carbocycles. The number of nitrogens with zero attached hydrogens (tertiary/aromatic N) is 1. The zero-order chi connectivity index (χ0) is 10.9. The van der Waals surface area contributed by atoms with E-state index in [1.54, 1.807) is 0 Å². The number of rotatable bonds is 4. The Morgan fingerprint density at radius 3 is 2.47 bits per heavy atom. The topological polar surface area (TPSA) is 40.5 Å². The van der Waals surface area contributed by atoms with Crippen molar-refractivity contribution in [2.45, 2.75) is 44.2 Å². The Hall–Kier alpha value is -0.220. The number of hydrogen-bond donors (Lipinski definition) is 1. The van der Waals surface area contributed by atoms with Gasteiger partial charge in [0, 0.05) is 6.04 Å². The van der Waals surface area contributed by atoms with Crippen molar-refractivity contribution >= 4 is 17.7 Å². The van der Waals surface area contributed by atoms with Gasteiger partial charge in [0.2, 0.25) is 0 Å². The molecule has 0 aromatic rings. The minimum Gasteiger partial charge on any atom is -0.480 e. The molecule has 1 saturated carbocycles. The SMILES string of the molecule is CCN(C1CC1)C1(C(=O)O)CCSCC1. The van der Waals surface area contributed by atoms with Crippen LogP contribution in [0.3, 0.4) is 0 Å². The van der Waals surface area contributed by atoms with Gasteiger partial charge in [0.15, 0.2) is 0 Å². The Labute approximate surface area is 95.2 Å². The maximum Gasteiger partial charge on any atom is 0.324 e. The summed E-state index contributed by atoms with van der Waals surface area (Å²) >= 11 is 1.88. The second-order valence-electron chi connectivity index (χ2n) is 4.47.